The predicted molar refractivity (Wildman–Crippen MR) is 74.5 cm³/mol. The molecule has 1 aromatic rings. The molecule has 0 aliphatic carbocycles. The number of aryl methyl sites for hydroxylation is 1. The second kappa shape index (κ2) is 6.08. The summed E-state index contributed by atoms with van der Waals surface area (Å²) in [7, 11) is 0. The van der Waals surface area contributed by atoms with E-state index < -0.39 is 0 Å². The third-order valence-electron chi connectivity index (χ3n) is 2.81. The molecule has 0 radical (unpaired) electrons. The largest absolute Gasteiger partial charge is 0.355 e. The first-order valence-corrected chi connectivity index (χ1v) is 6.69. The molecule has 0 aliphatic heterocycles. The van der Waals surface area contributed by atoms with Crippen LogP contribution in [0.5, 0.6) is 0 Å². The lowest BCUT2D eigenvalue weighted by molar-refractivity contribution is 0.430. The van der Waals surface area contributed by atoms with Gasteiger partial charge in [0.05, 0.1) is 5.69 Å². The molecule has 0 fully saturated rings. The predicted octanol–water partition coefficient (Wildman–Crippen LogP) is 3.87. The second-order valence-electron chi connectivity index (χ2n) is 5.87. The maximum absolute atomic E-state index is 4.56. The number of rotatable bonds is 6. The molecule has 0 bridgehead atoms. The number of nitrogens with one attached hydrogen (secondary N) is 1. The van der Waals surface area contributed by atoms with Crippen LogP contribution in [-0.2, 0) is 0 Å². The van der Waals surface area contributed by atoms with Crippen molar-refractivity contribution in [1.29, 1.82) is 0 Å². The summed E-state index contributed by atoms with van der Waals surface area (Å²) in [6.07, 6.45) is 3.34. The molecule has 1 atom stereocenters. The number of hydrogen-bond acceptors (Lipinski definition) is 2. The van der Waals surface area contributed by atoms with Crippen molar-refractivity contribution in [3.8, 4) is 0 Å². The van der Waals surface area contributed by atoms with Gasteiger partial charge < -0.3 is 9.88 Å². The third-order valence-corrected chi connectivity index (χ3v) is 2.81. The van der Waals surface area contributed by atoms with Crippen molar-refractivity contribution in [1.82, 2.24) is 9.55 Å². The Bertz CT molecular complexity index is 339. The van der Waals surface area contributed by atoms with Crippen molar-refractivity contribution in [2.75, 3.05) is 11.9 Å². The van der Waals surface area contributed by atoms with Crippen molar-refractivity contribution in [3.05, 3.63) is 11.9 Å². The zero-order chi connectivity index (χ0) is 13.0. The molecule has 0 saturated carbocycles. The standard InChI is InChI=1S/C14H27N3/c1-10(2)7-13(6)17-9-12(5)16-14(17)15-8-11(3)4/h9-11,13H,7-8H2,1-6H3,(H,15,16). The van der Waals surface area contributed by atoms with E-state index in [9.17, 15) is 0 Å². The molecule has 0 aliphatic rings. The first kappa shape index (κ1) is 14.1. The lowest BCUT2D eigenvalue weighted by atomic mass is 10.1. The molecule has 3 nitrogen and oxygen atoms in total. The average Bonchev–Trinajstić information content (AvgIpc) is 2.55. The molecule has 0 saturated heterocycles. The average molecular weight is 237 g/mol. The minimum Gasteiger partial charge on any atom is -0.355 e. The van der Waals surface area contributed by atoms with E-state index in [0.29, 0.717) is 17.9 Å². The van der Waals surface area contributed by atoms with E-state index in [1.807, 2.05) is 0 Å². The van der Waals surface area contributed by atoms with E-state index in [1.165, 1.54) is 6.42 Å². The molecule has 1 N–H and O–H groups in total. The summed E-state index contributed by atoms with van der Waals surface area (Å²) < 4.78 is 2.28. The zero-order valence-electron chi connectivity index (χ0n) is 12.1. The molecule has 17 heavy (non-hydrogen) atoms. The Labute approximate surface area is 106 Å². The van der Waals surface area contributed by atoms with Gasteiger partial charge in [0.25, 0.3) is 0 Å². The molecular formula is C14H27N3. The van der Waals surface area contributed by atoms with E-state index in [-0.39, 0.29) is 0 Å². The van der Waals surface area contributed by atoms with E-state index in [2.05, 4.69) is 62.6 Å². The maximum atomic E-state index is 4.56. The van der Waals surface area contributed by atoms with Gasteiger partial charge in [-0.25, -0.2) is 4.98 Å². The summed E-state index contributed by atoms with van der Waals surface area (Å²) >= 11 is 0. The highest BCUT2D eigenvalue weighted by Crippen LogP contribution is 2.22. The van der Waals surface area contributed by atoms with Crippen LogP contribution < -0.4 is 5.32 Å². The molecule has 98 valence electrons. The smallest absolute Gasteiger partial charge is 0.203 e. The van der Waals surface area contributed by atoms with Crippen LogP contribution in [0, 0.1) is 18.8 Å². The van der Waals surface area contributed by atoms with Crippen LogP contribution in [0.25, 0.3) is 0 Å². The lowest BCUT2D eigenvalue weighted by Gasteiger charge is -2.19. The third kappa shape index (κ3) is 4.41. The quantitative estimate of drug-likeness (QED) is 0.814. The highest BCUT2D eigenvalue weighted by atomic mass is 15.2. The van der Waals surface area contributed by atoms with Gasteiger partial charge in [0.15, 0.2) is 0 Å². The van der Waals surface area contributed by atoms with Gasteiger partial charge in [-0.3, -0.25) is 0 Å². The van der Waals surface area contributed by atoms with Gasteiger partial charge in [0.1, 0.15) is 0 Å². The number of nitrogens with zero attached hydrogens (tertiary/aromatic N) is 2. The van der Waals surface area contributed by atoms with Gasteiger partial charge in [0.2, 0.25) is 5.95 Å². The van der Waals surface area contributed by atoms with Gasteiger partial charge in [0, 0.05) is 18.8 Å². The molecule has 0 aromatic carbocycles. The molecule has 1 unspecified atom stereocenters. The molecule has 1 rings (SSSR count). The molecular weight excluding hydrogens is 210 g/mol. The SMILES string of the molecule is Cc1cn(C(C)CC(C)C)c(NCC(C)C)n1. The van der Waals surface area contributed by atoms with E-state index in [1.54, 1.807) is 0 Å². The fourth-order valence-corrected chi connectivity index (χ4v) is 2.07. The van der Waals surface area contributed by atoms with E-state index in [0.717, 1.165) is 18.2 Å². The number of anilines is 1. The highest BCUT2D eigenvalue weighted by Gasteiger charge is 2.13. The minimum absolute atomic E-state index is 0.505. The fourth-order valence-electron chi connectivity index (χ4n) is 2.07. The maximum Gasteiger partial charge on any atom is 0.203 e. The molecule has 1 heterocycles. The molecule has 0 spiro atoms. The van der Waals surface area contributed by atoms with Gasteiger partial charge in [-0.15, -0.1) is 0 Å². The van der Waals surface area contributed by atoms with Gasteiger partial charge >= 0.3 is 0 Å². The van der Waals surface area contributed by atoms with E-state index in [4.69, 9.17) is 0 Å². The minimum atomic E-state index is 0.505. The monoisotopic (exact) mass is 237 g/mol. The van der Waals surface area contributed by atoms with Crippen LogP contribution in [0.1, 0.15) is 52.8 Å². The van der Waals surface area contributed by atoms with E-state index >= 15 is 0 Å². The Balaban J connectivity index is 2.76. The van der Waals surface area contributed by atoms with Crippen molar-refractivity contribution < 1.29 is 0 Å². The Morgan fingerprint density at radius 2 is 1.82 bits per heavy atom. The van der Waals surface area contributed by atoms with Crippen LogP contribution in [-0.4, -0.2) is 16.1 Å². The first-order chi connectivity index (χ1) is 7.90. The van der Waals surface area contributed by atoms with Crippen LogP contribution in [0.3, 0.4) is 0 Å². The lowest BCUT2D eigenvalue weighted by Crippen LogP contribution is -2.15. The van der Waals surface area contributed by atoms with Crippen molar-refractivity contribution in [3.63, 3.8) is 0 Å². The van der Waals surface area contributed by atoms with Crippen LogP contribution in [0.2, 0.25) is 0 Å². The Kier molecular flexibility index (Phi) is 5.03. The van der Waals surface area contributed by atoms with Crippen molar-refractivity contribution in [2.45, 2.75) is 54.0 Å². The normalized spacial score (nSPS) is 13.4. The summed E-state index contributed by atoms with van der Waals surface area (Å²) in [6.45, 7) is 14.3. The fraction of sp³-hybridized carbons (Fsp3) is 0.786. The number of imidazole rings is 1. The Morgan fingerprint density at radius 3 is 2.35 bits per heavy atom. The summed E-state index contributed by atoms with van der Waals surface area (Å²) in [4.78, 5) is 4.56. The zero-order valence-corrected chi connectivity index (χ0v) is 12.1. The number of hydrogen-bond donors (Lipinski definition) is 1. The summed E-state index contributed by atoms with van der Waals surface area (Å²) in [5.74, 6) is 2.37. The molecule has 3 heteroatoms. The van der Waals surface area contributed by atoms with Gasteiger partial charge in [-0.2, -0.15) is 0 Å². The van der Waals surface area contributed by atoms with Crippen LogP contribution in [0.15, 0.2) is 6.20 Å². The summed E-state index contributed by atoms with van der Waals surface area (Å²) in [5.41, 5.74) is 1.09. The highest BCUT2D eigenvalue weighted by molar-refractivity contribution is 5.29. The summed E-state index contributed by atoms with van der Waals surface area (Å²) in [5, 5.41) is 3.44. The number of aromatic nitrogens is 2. The van der Waals surface area contributed by atoms with Gasteiger partial charge in [-0.1, -0.05) is 27.7 Å². The van der Waals surface area contributed by atoms with Crippen molar-refractivity contribution >= 4 is 5.95 Å². The summed E-state index contributed by atoms with van der Waals surface area (Å²) in [6, 6.07) is 0.505. The van der Waals surface area contributed by atoms with Gasteiger partial charge in [-0.05, 0) is 32.1 Å². The topological polar surface area (TPSA) is 29.9 Å². The van der Waals surface area contributed by atoms with Crippen LogP contribution >= 0.6 is 0 Å². The molecule has 0 amide bonds. The molecule has 1 aromatic heterocycles. The Hall–Kier alpha value is -0.990. The Morgan fingerprint density at radius 1 is 1.18 bits per heavy atom. The van der Waals surface area contributed by atoms with Crippen molar-refractivity contribution in [2.24, 2.45) is 11.8 Å². The second-order valence-corrected chi connectivity index (χ2v) is 5.87. The van der Waals surface area contributed by atoms with Crippen LogP contribution in [0.4, 0.5) is 5.95 Å². The first-order valence-electron chi connectivity index (χ1n) is 6.69.